The summed E-state index contributed by atoms with van der Waals surface area (Å²) < 4.78 is 7.03. The molecule has 122 valence electrons. The third-order valence-corrected chi connectivity index (χ3v) is 4.09. The van der Waals surface area contributed by atoms with Crippen LogP contribution in [-0.2, 0) is 17.9 Å². The average molecular weight is 315 g/mol. The molecule has 0 atom stereocenters. The molecule has 7 heteroatoms. The first-order valence-corrected chi connectivity index (χ1v) is 8.04. The molecule has 1 saturated carbocycles. The van der Waals surface area contributed by atoms with Crippen LogP contribution in [0.15, 0.2) is 30.3 Å². The smallest absolute Gasteiger partial charge is 0.407 e. The van der Waals surface area contributed by atoms with Crippen molar-refractivity contribution < 1.29 is 9.53 Å². The first kappa shape index (κ1) is 15.5. The highest BCUT2D eigenvalue weighted by molar-refractivity contribution is 5.67. The number of tetrazole rings is 1. The van der Waals surface area contributed by atoms with Gasteiger partial charge < -0.3 is 10.1 Å². The van der Waals surface area contributed by atoms with Crippen LogP contribution in [0.3, 0.4) is 0 Å². The predicted molar refractivity (Wildman–Crippen MR) is 83.4 cm³/mol. The van der Waals surface area contributed by atoms with Gasteiger partial charge in [-0.15, -0.1) is 5.10 Å². The zero-order chi connectivity index (χ0) is 15.9. The second kappa shape index (κ2) is 7.71. The molecule has 23 heavy (non-hydrogen) atoms. The molecule has 1 heterocycles. The number of amides is 1. The highest BCUT2D eigenvalue weighted by Crippen LogP contribution is 2.27. The molecule has 1 aliphatic carbocycles. The van der Waals surface area contributed by atoms with Crippen LogP contribution in [0.4, 0.5) is 4.79 Å². The molecule has 0 radical (unpaired) electrons. The number of benzene rings is 1. The maximum atomic E-state index is 11.8. The Kier molecular flexibility index (Phi) is 5.18. The molecule has 1 amide bonds. The largest absolute Gasteiger partial charge is 0.445 e. The van der Waals surface area contributed by atoms with Gasteiger partial charge in [-0.25, -0.2) is 9.48 Å². The van der Waals surface area contributed by atoms with Crippen molar-refractivity contribution in [3.63, 3.8) is 0 Å². The van der Waals surface area contributed by atoms with Crippen LogP contribution in [-0.4, -0.2) is 26.3 Å². The number of rotatable bonds is 5. The fourth-order valence-corrected chi connectivity index (χ4v) is 2.86. The lowest BCUT2D eigenvalue weighted by Gasteiger charge is -2.22. The molecule has 1 aromatic carbocycles. The Balaban J connectivity index is 1.48. The number of hydrogen-bond acceptors (Lipinski definition) is 5. The van der Waals surface area contributed by atoms with Gasteiger partial charge in [0.1, 0.15) is 6.61 Å². The third-order valence-electron chi connectivity index (χ3n) is 4.09. The van der Waals surface area contributed by atoms with Crippen molar-refractivity contribution in [3.8, 4) is 0 Å². The molecule has 0 spiro atoms. The number of carbonyl (C=O) groups is 1. The van der Waals surface area contributed by atoms with Gasteiger partial charge in [0.2, 0.25) is 0 Å². The van der Waals surface area contributed by atoms with E-state index in [9.17, 15) is 4.79 Å². The van der Waals surface area contributed by atoms with E-state index in [-0.39, 0.29) is 13.2 Å². The highest BCUT2D eigenvalue weighted by atomic mass is 16.5. The molecule has 1 fully saturated rings. The predicted octanol–water partition coefficient (Wildman–Crippen LogP) is 2.60. The summed E-state index contributed by atoms with van der Waals surface area (Å²) in [6.45, 7) is 0.525. The van der Waals surface area contributed by atoms with E-state index < -0.39 is 6.09 Å². The number of alkyl carbamates (subject to hydrolysis) is 1. The van der Waals surface area contributed by atoms with Crippen LogP contribution in [0.1, 0.15) is 49.5 Å². The summed E-state index contributed by atoms with van der Waals surface area (Å²) in [4.78, 5) is 11.8. The molecule has 1 aliphatic rings. The summed E-state index contributed by atoms with van der Waals surface area (Å²) in [6.07, 6.45) is 5.41. The van der Waals surface area contributed by atoms with Crippen LogP contribution in [0, 0.1) is 0 Å². The first-order valence-electron chi connectivity index (χ1n) is 8.04. The summed E-state index contributed by atoms with van der Waals surface area (Å²) in [7, 11) is 0. The molecule has 3 rings (SSSR count). The van der Waals surface area contributed by atoms with Gasteiger partial charge in [0.15, 0.2) is 5.82 Å². The molecular formula is C16H21N5O2. The molecule has 0 saturated heterocycles. The fraction of sp³-hybridized carbons (Fsp3) is 0.500. The minimum absolute atomic E-state index is 0.250. The molecule has 1 N–H and O–H groups in total. The Labute approximate surface area is 135 Å². The van der Waals surface area contributed by atoms with E-state index in [0.717, 1.165) is 18.4 Å². The molecule has 7 nitrogen and oxygen atoms in total. The second-order valence-electron chi connectivity index (χ2n) is 5.75. The van der Waals surface area contributed by atoms with Crippen molar-refractivity contribution in [1.82, 2.24) is 25.5 Å². The van der Waals surface area contributed by atoms with E-state index >= 15 is 0 Å². The highest BCUT2D eigenvalue weighted by Gasteiger charge is 2.20. The van der Waals surface area contributed by atoms with Gasteiger partial charge in [0.25, 0.3) is 0 Å². The van der Waals surface area contributed by atoms with Gasteiger partial charge >= 0.3 is 6.09 Å². The standard InChI is InChI=1S/C16H21N5O2/c22-16(23-12-13-7-3-1-4-8-13)17-11-15-18-19-20-21(15)14-9-5-2-6-10-14/h1,3-4,7-8,14H,2,5-6,9-12H2,(H,17,22). The average Bonchev–Trinajstić information content (AvgIpc) is 3.08. The van der Waals surface area contributed by atoms with Gasteiger partial charge in [0, 0.05) is 0 Å². The number of aromatic nitrogens is 4. The lowest BCUT2D eigenvalue weighted by atomic mass is 9.96. The number of hydrogen-bond donors (Lipinski definition) is 1. The Hall–Kier alpha value is -2.44. The quantitative estimate of drug-likeness (QED) is 0.917. The van der Waals surface area contributed by atoms with E-state index in [0.29, 0.717) is 11.9 Å². The molecule has 0 aliphatic heterocycles. The van der Waals surface area contributed by atoms with Gasteiger partial charge in [-0.1, -0.05) is 49.6 Å². The zero-order valence-corrected chi connectivity index (χ0v) is 13.0. The fourth-order valence-electron chi connectivity index (χ4n) is 2.86. The molecule has 0 unspecified atom stereocenters. The summed E-state index contributed by atoms with van der Waals surface area (Å²) >= 11 is 0. The summed E-state index contributed by atoms with van der Waals surface area (Å²) in [5.41, 5.74) is 0.953. The van der Waals surface area contributed by atoms with E-state index in [4.69, 9.17) is 4.74 Å². The van der Waals surface area contributed by atoms with E-state index in [1.807, 2.05) is 35.0 Å². The lowest BCUT2D eigenvalue weighted by Crippen LogP contribution is -2.27. The van der Waals surface area contributed by atoms with E-state index in [2.05, 4.69) is 20.8 Å². The van der Waals surface area contributed by atoms with E-state index in [1.165, 1.54) is 19.3 Å². The number of carbonyl (C=O) groups excluding carboxylic acids is 1. The summed E-state index contributed by atoms with van der Waals surface area (Å²) in [6, 6.07) is 9.92. The van der Waals surface area contributed by atoms with Crippen molar-refractivity contribution >= 4 is 6.09 Å². The Morgan fingerprint density at radius 3 is 2.78 bits per heavy atom. The van der Waals surface area contributed by atoms with Crippen LogP contribution >= 0.6 is 0 Å². The zero-order valence-electron chi connectivity index (χ0n) is 13.0. The molecular weight excluding hydrogens is 294 g/mol. The minimum Gasteiger partial charge on any atom is -0.445 e. The van der Waals surface area contributed by atoms with Gasteiger partial charge in [-0.2, -0.15) is 0 Å². The monoisotopic (exact) mass is 315 g/mol. The van der Waals surface area contributed by atoms with Crippen LogP contribution in [0.2, 0.25) is 0 Å². The first-order chi connectivity index (χ1) is 11.3. The maximum absolute atomic E-state index is 11.8. The SMILES string of the molecule is O=C(NCc1nnnn1C1CCCCC1)OCc1ccccc1. The van der Waals surface area contributed by atoms with Crippen LogP contribution in [0.5, 0.6) is 0 Å². The number of ether oxygens (including phenoxy) is 1. The Morgan fingerprint density at radius 2 is 2.00 bits per heavy atom. The third kappa shape index (κ3) is 4.28. The molecule has 1 aromatic heterocycles. The minimum atomic E-state index is -0.466. The van der Waals surface area contributed by atoms with Gasteiger partial charge in [0.05, 0.1) is 12.6 Å². The maximum Gasteiger partial charge on any atom is 0.407 e. The van der Waals surface area contributed by atoms with Gasteiger partial charge in [-0.3, -0.25) is 0 Å². The topological polar surface area (TPSA) is 81.9 Å². The Bertz CT molecular complexity index is 622. The van der Waals surface area contributed by atoms with Crippen molar-refractivity contribution in [2.45, 2.75) is 51.3 Å². The van der Waals surface area contributed by atoms with Gasteiger partial charge in [-0.05, 0) is 28.8 Å². The number of nitrogens with zero attached hydrogens (tertiary/aromatic N) is 4. The van der Waals surface area contributed by atoms with Crippen LogP contribution < -0.4 is 5.32 Å². The summed E-state index contributed by atoms with van der Waals surface area (Å²) in [5, 5.41) is 14.5. The normalized spacial score (nSPS) is 15.3. The van der Waals surface area contributed by atoms with Crippen LogP contribution in [0.25, 0.3) is 0 Å². The molecule has 2 aromatic rings. The molecule has 0 bridgehead atoms. The second-order valence-corrected chi connectivity index (χ2v) is 5.75. The van der Waals surface area contributed by atoms with Crippen molar-refractivity contribution in [3.05, 3.63) is 41.7 Å². The van der Waals surface area contributed by atoms with E-state index in [1.54, 1.807) is 0 Å². The van der Waals surface area contributed by atoms with Crippen molar-refractivity contribution in [1.29, 1.82) is 0 Å². The number of nitrogens with one attached hydrogen (secondary N) is 1. The van der Waals surface area contributed by atoms with Crippen molar-refractivity contribution in [2.24, 2.45) is 0 Å². The lowest BCUT2D eigenvalue weighted by molar-refractivity contribution is 0.138. The Morgan fingerprint density at radius 1 is 1.22 bits per heavy atom. The summed E-state index contributed by atoms with van der Waals surface area (Å²) in [5.74, 6) is 0.675. The van der Waals surface area contributed by atoms with Crippen molar-refractivity contribution in [2.75, 3.05) is 0 Å².